The van der Waals surface area contributed by atoms with Crippen molar-refractivity contribution in [1.82, 2.24) is 20.2 Å². The van der Waals surface area contributed by atoms with Crippen molar-refractivity contribution in [2.24, 2.45) is 0 Å². The van der Waals surface area contributed by atoms with E-state index in [-0.39, 0.29) is 27.8 Å². The van der Waals surface area contributed by atoms with Crippen LogP contribution in [0.5, 0.6) is 5.75 Å². The Kier molecular flexibility index (Phi) is 8.78. The second kappa shape index (κ2) is 11.9. The molecule has 0 bridgehead atoms. The molecule has 3 heterocycles. The Hall–Kier alpha value is -2.90. The van der Waals surface area contributed by atoms with Gasteiger partial charge in [0.2, 0.25) is 0 Å². The number of carbonyl (C=O) groups excluding carboxylic acids is 1. The number of benzene rings is 1. The molecular weight excluding hydrogens is 558 g/mol. The van der Waals surface area contributed by atoms with Gasteiger partial charge in [-0.25, -0.2) is 18.2 Å². The van der Waals surface area contributed by atoms with E-state index in [0.29, 0.717) is 25.9 Å². The lowest BCUT2D eigenvalue weighted by Gasteiger charge is -2.37. The number of thiazole rings is 1. The fraction of sp³-hybridized carbons (Fsp3) is 0.375. The highest BCUT2D eigenvalue weighted by Gasteiger charge is 2.34. The number of piperidine rings is 1. The van der Waals surface area contributed by atoms with E-state index in [0.717, 1.165) is 29.7 Å². The number of likely N-dealkylation sites (tertiary alicyclic amines) is 1. The Morgan fingerprint density at radius 2 is 1.95 bits per heavy atom. The minimum absolute atomic E-state index is 0.0267. The molecule has 1 saturated heterocycles. The number of rotatable bonds is 8. The summed E-state index contributed by atoms with van der Waals surface area (Å²) in [5.41, 5.74) is -0.540. The van der Waals surface area contributed by atoms with E-state index in [9.17, 15) is 31.1 Å². The van der Waals surface area contributed by atoms with Crippen molar-refractivity contribution in [3.05, 3.63) is 74.7 Å². The number of halogens is 7. The van der Waals surface area contributed by atoms with Gasteiger partial charge in [0.25, 0.3) is 12.3 Å². The highest BCUT2D eigenvalue weighted by Crippen LogP contribution is 2.35. The predicted octanol–water partition coefficient (Wildman–Crippen LogP) is 6.30. The molecule has 1 amide bonds. The summed E-state index contributed by atoms with van der Waals surface area (Å²) in [5.74, 6) is -1.59. The van der Waals surface area contributed by atoms with Gasteiger partial charge < -0.3 is 10.1 Å². The number of hydrogen-bond donors (Lipinski definition) is 1. The first-order valence-electron chi connectivity index (χ1n) is 11.4. The Morgan fingerprint density at radius 1 is 1.21 bits per heavy atom. The molecule has 204 valence electrons. The van der Waals surface area contributed by atoms with Crippen molar-refractivity contribution in [2.75, 3.05) is 19.6 Å². The topological polar surface area (TPSA) is 67.4 Å². The zero-order valence-electron chi connectivity index (χ0n) is 19.5. The summed E-state index contributed by atoms with van der Waals surface area (Å²) >= 11 is 6.99. The van der Waals surface area contributed by atoms with E-state index in [1.807, 2.05) is 4.90 Å². The van der Waals surface area contributed by atoms with Crippen LogP contribution in [0.15, 0.2) is 42.0 Å². The van der Waals surface area contributed by atoms with Crippen molar-refractivity contribution in [2.45, 2.75) is 37.6 Å². The molecule has 1 atom stereocenters. The normalized spacial score (nSPS) is 16.0. The van der Waals surface area contributed by atoms with Crippen LogP contribution in [0.4, 0.5) is 26.3 Å². The molecule has 1 N–H and O–H groups in total. The third-order valence-electron chi connectivity index (χ3n) is 6.02. The lowest BCUT2D eigenvalue weighted by atomic mass is 10.0. The summed E-state index contributed by atoms with van der Waals surface area (Å²) in [6.07, 6.45) is -6.08. The first kappa shape index (κ1) is 28.1. The number of carbonyl (C=O) groups is 1. The van der Waals surface area contributed by atoms with Gasteiger partial charge >= 0.3 is 6.18 Å². The summed E-state index contributed by atoms with van der Waals surface area (Å²) in [7, 11) is 0. The standard InChI is InChI=1S/C24H21ClF6N4O2S/c25-15-2-1-3-16(26)19(15)23(36)33-11-17(21-20(22(27)28)34-12-38-21)35-8-5-13(6-9-35)37-14-4-7-32-18(10-14)24(29,30)31/h1-4,7,10,12-13,17,22H,5-6,8-9,11H2,(H,33,36). The second-order valence-electron chi connectivity index (χ2n) is 8.45. The fourth-order valence-electron chi connectivity index (χ4n) is 4.19. The first-order valence-corrected chi connectivity index (χ1v) is 12.7. The van der Waals surface area contributed by atoms with Crippen LogP contribution in [-0.2, 0) is 6.18 Å². The molecule has 1 fully saturated rings. The molecule has 6 nitrogen and oxygen atoms in total. The van der Waals surface area contributed by atoms with Gasteiger partial charge in [-0.3, -0.25) is 14.7 Å². The molecule has 0 spiro atoms. The van der Waals surface area contributed by atoms with E-state index in [1.54, 1.807) is 0 Å². The number of hydrogen-bond acceptors (Lipinski definition) is 6. The number of ether oxygens (including phenoxy) is 1. The number of amides is 1. The lowest BCUT2D eigenvalue weighted by Crippen LogP contribution is -2.44. The smallest absolute Gasteiger partial charge is 0.433 e. The quantitative estimate of drug-likeness (QED) is 0.318. The van der Waals surface area contributed by atoms with Crippen LogP contribution in [-0.4, -0.2) is 46.5 Å². The van der Waals surface area contributed by atoms with Crippen LogP contribution < -0.4 is 10.1 Å². The van der Waals surface area contributed by atoms with E-state index >= 15 is 0 Å². The minimum Gasteiger partial charge on any atom is -0.490 e. The Bertz CT molecular complexity index is 1250. The number of nitrogens with one attached hydrogen (secondary N) is 1. The summed E-state index contributed by atoms with van der Waals surface area (Å²) in [5, 5.41) is 2.50. The maximum Gasteiger partial charge on any atom is 0.433 e. The predicted molar refractivity (Wildman–Crippen MR) is 128 cm³/mol. The summed E-state index contributed by atoms with van der Waals surface area (Å²) in [6, 6.07) is 5.25. The number of pyridine rings is 1. The molecule has 1 unspecified atom stereocenters. The molecular formula is C24H21ClF6N4O2S. The number of nitrogens with zero attached hydrogens (tertiary/aromatic N) is 3. The van der Waals surface area contributed by atoms with E-state index < -0.39 is 47.9 Å². The average molecular weight is 579 g/mol. The SMILES string of the molecule is O=C(NCC(c1scnc1C(F)F)N1CCC(Oc2ccnc(C(F)(F)F)c2)CC1)c1c(F)cccc1Cl. The summed E-state index contributed by atoms with van der Waals surface area (Å²) < 4.78 is 86.1. The van der Waals surface area contributed by atoms with Crippen LogP contribution >= 0.6 is 22.9 Å². The number of aromatic nitrogens is 2. The highest BCUT2D eigenvalue weighted by atomic mass is 35.5. The summed E-state index contributed by atoms with van der Waals surface area (Å²) in [6.45, 7) is 0.545. The lowest BCUT2D eigenvalue weighted by molar-refractivity contribution is -0.141. The van der Waals surface area contributed by atoms with E-state index in [1.165, 1.54) is 23.7 Å². The Morgan fingerprint density at radius 3 is 2.61 bits per heavy atom. The molecule has 1 aliphatic rings. The molecule has 0 radical (unpaired) electrons. The summed E-state index contributed by atoms with van der Waals surface area (Å²) in [4.78, 5) is 21.9. The molecule has 14 heteroatoms. The van der Waals surface area contributed by atoms with Crippen LogP contribution in [0.3, 0.4) is 0 Å². The molecule has 2 aromatic heterocycles. The molecule has 1 aromatic carbocycles. The molecule has 0 aliphatic carbocycles. The van der Waals surface area contributed by atoms with Gasteiger partial charge in [0.15, 0.2) is 0 Å². The zero-order chi connectivity index (χ0) is 27.4. The molecule has 1 aliphatic heterocycles. The van der Waals surface area contributed by atoms with Gasteiger partial charge in [0, 0.05) is 31.9 Å². The second-order valence-corrected chi connectivity index (χ2v) is 9.75. The van der Waals surface area contributed by atoms with Crippen LogP contribution in [0.25, 0.3) is 0 Å². The Labute approximate surface area is 222 Å². The van der Waals surface area contributed by atoms with Crippen LogP contribution in [0, 0.1) is 5.82 Å². The largest absolute Gasteiger partial charge is 0.490 e. The van der Waals surface area contributed by atoms with Crippen molar-refractivity contribution in [3.8, 4) is 5.75 Å². The fourth-order valence-corrected chi connectivity index (χ4v) is 5.38. The molecule has 4 rings (SSSR count). The van der Waals surface area contributed by atoms with Gasteiger partial charge in [-0.2, -0.15) is 13.2 Å². The van der Waals surface area contributed by atoms with Crippen molar-refractivity contribution in [3.63, 3.8) is 0 Å². The van der Waals surface area contributed by atoms with Crippen molar-refractivity contribution < 1.29 is 35.9 Å². The average Bonchev–Trinajstić information content (AvgIpc) is 3.35. The molecule has 3 aromatic rings. The molecule has 0 saturated carbocycles. The van der Waals surface area contributed by atoms with Crippen molar-refractivity contribution in [1.29, 1.82) is 0 Å². The maximum atomic E-state index is 14.2. The van der Waals surface area contributed by atoms with Gasteiger partial charge in [-0.15, -0.1) is 11.3 Å². The third kappa shape index (κ3) is 6.56. The van der Waals surface area contributed by atoms with Gasteiger partial charge in [0.05, 0.1) is 27.0 Å². The van der Waals surface area contributed by atoms with Crippen molar-refractivity contribution >= 4 is 28.8 Å². The van der Waals surface area contributed by atoms with Gasteiger partial charge in [0.1, 0.15) is 29.1 Å². The molecule has 38 heavy (non-hydrogen) atoms. The monoisotopic (exact) mass is 578 g/mol. The van der Waals surface area contributed by atoms with Gasteiger partial charge in [-0.1, -0.05) is 17.7 Å². The minimum atomic E-state index is -4.61. The van der Waals surface area contributed by atoms with Gasteiger partial charge in [-0.05, 0) is 31.0 Å². The highest BCUT2D eigenvalue weighted by molar-refractivity contribution is 7.09. The Balaban J connectivity index is 1.47. The third-order valence-corrected chi connectivity index (χ3v) is 7.28. The van der Waals surface area contributed by atoms with E-state index in [2.05, 4.69) is 15.3 Å². The van der Waals surface area contributed by atoms with Crippen LogP contribution in [0.2, 0.25) is 5.02 Å². The first-order chi connectivity index (χ1) is 18.0. The zero-order valence-corrected chi connectivity index (χ0v) is 21.1. The van der Waals surface area contributed by atoms with E-state index in [4.69, 9.17) is 16.3 Å². The van der Waals surface area contributed by atoms with Crippen LogP contribution in [0.1, 0.15) is 51.9 Å². The maximum absolute atomic E-state index is 14.2. The number of alkyl halides is 5.